The number of carbonyl (C=O) groups excluding carboxylic acids is 1. The maximum atomic E-state index is 10.1. The first kappa shape index (κ1) is 8.01. The van der Waals surface area contributed by atoms with E-state index in [2.05, 4.69) is 10.7 Å². The first-order valence-corrected chi connectivity index (χ1v) is 2.72. The van der Waals surface area contributed by atoms with Gasteiger partial charge in [-0.15, -0.1) is 23.2 Å². The van der Waals surface area contributed by atoms with Crippen LogP contribution in [-0.2, 0) is 9.63 Å². The average molecular weight is 158 g/mol. The molecule has 0 aromatic heterocycles. The number of hydrogen-bond acceptors (Lipinski definition) is 3. The van der Waals surface area contributed by atoms with Gasteiger partial charge in [-0.05, 0) is 0 Å². The number of alkyl halides is 2. The van der Waals surface area contributed by atoms with E-state index in [4.69, 9.17) is 23.2 Å². The lowest BCUT2D eigenvalue weighted by Crippen LogP contribution is -2.11. The molecule has 0 heterocycles. The van der Waals surface area contributed by atoms with Gasteiger partial charge in [0.25, 0.3) is 0 Å². The molecule has 0 rings (SSSR count). The molecule has 0 fully saturated rings. The van der Waals surface area contributed by atoms with Crippen molar-refractivity contribution in [2.24, 2.45) is 5.90 Å². The molecule has 0 amide bonds. The summed E-state index contributed by atoms with van der Waals surface area (Å²) in [6.45, 7) is 0. The van der Waals surface area contributed by atoms with Gasteiger partial charge in [0.15, 0.2) is 0 Å². The highest BCUT2D eigenvalue weighted by Crippen LogP contribution is 2.06. The second-order valence-corrected chi connectivity index (χ2v) is 2.36. The van der Waals surface area contributed by atoms with E-state index in [1.165, 1.54) is 0 Å². The molecule has 2 N–H and O–H groups in total. The Bertz CT molecular complexity index is 85.4. The minimum atomic E-state index is -0.731. The van der Waals surface area contributed by atoms with E-state index in [0.29, 0.717) is 0 Å². The second-order valence-electron chi connectivity index (χ2n) is 1.09. The molecule has 0 aromatic carbocycles. The standard InChI is InChI=1S/C3H5Cl2NO2/c4-2(5)1-3(7)8-6/h2H,1,6H2. The molecule has 0 aliphatic heterocycles. The van der Waals surface area contributed by atoms with Crippen molar-refractivity contribution in [1.82, 2.24) is 0 Å². The molecule has 0 radical (unpaired) electrons. The number of carbonyl (C=O) groups is 1. The molecule has 0 unspecified atom stereocenters. The monoisotopic (exact) mass is 157 g/mol. The number of nitrogens with two attached hydrogens (primary N) is 1. The first-order valence-electron chi connectivity index (χ1n) is 1.84. The molecule has 0 aromatic rings. The molecule has 8 heavy (non-hydrogen) atoms. The van der Waals surface area contributed by atoms with Crippen molar-refractivity contribution in [1.29, 1.82) is 0 Å². The summed E-state index contributed by atoms with van der Waals surface area (Å²) in [5.41, 5.74) is 0. The van der Waals surface area contributed by atoms with Crippen LogP contribution in [0.3, 0.4) is 0 Å². The molecule has 0 saturated heterocycles. The third-order valence-electron chi connectivity index (χ3n) is 0.452. The fourth-order valence-corrected chi connectivity index (χ4v) is 0.426. The molecular weight excluding hydrogens is 153 g/mol. The van der Waals surface area contributed by atoms with Crippen molar-refractivity contribution in [2.75, 3.05) is 0 Å². The van der Waals surface area contributed by atoms with Crippen LogP contribution in [0.2, 0.25) is 0 Å². The van der Waals surface area contributed by atoms with Gasteiger partial charge in [0.2, 0.25) is 0 Å². The Morgan fingerprint density at radius 2 is 2.25 bits per heavy atom. The maximum Gasteiger partial charge on any atom is 0.327 e. The van der Waals surface area contributed by atoms with Crippen LogP contribution in [-0.4, -0.2) is 10.8 Å². The van der Waals surface area contributed by atoms with Crippen LogP contribution < -0.4 is 5.90 Å². The largest absolute Gasteiger partial charge is 0.373 e. The Morgan fingerprint density at radius 1 is 1.75 bits per heavy atom. The van der Waals surface area contributed by atoms with Gasteiger partial charge in [-0.3, -0.25) is 4.79 Å². The smallest absolute Gasteiger partial charge is 0.327 e. The van der Waals surface area contributed by atoms with Gasteiger partial charge >= 0.3 is 5.97 Å². The molecular formula is C3H5Cl2NO2. The molecule has 0 aliphatic carbocycles. The van der Waals surface area contributed by atoms with Gasteiger partial charge in [0.1, 0.15) is 4.84 Å². The van der Waals surface area contributed by atoms with Crippen LogP contribution in [0.15, 0.2) is 0 Å². The summed E-state index contributed by atoms with van der Waals surface area (Å²) in [5, 5.41) is 0. The summed E-state index contributed by atoms with van der Waals surface area (Å²) in [5.74, 6) is 3.84. The minimum Gasteiger partial charge on any atom is -0.373 e. The van der Waals surface area contributed by atoms with Gasteiger partial charge in [-0.25, -0.2) is 0 Å². The third-order valence-corrected chi connectivity index (χ3v) is 0.761. The topological polar surface area (TPSA) is 52.3 Å². The molecule has 3 nitrogen and oxygen atoms in total. The van der Waals surface area contributed by atoms with E-state index in [-0.39, 0.29) is 6.42 Å². The zero-order valence-corrected chi connectivity index (χ0v) is 5.45. The molecule has 0 bridgehead atoms. The van der Waals surface area contributed by atoms with E-state index in [9.17, 15) is 4.79 Å². The lowest BCUT2D eigenvalue weighted by atomic mass is 10.5. The zero-order chi connectivity index (χ0) is 6.57. The van der Waals surface area contributed by atoms with Crippen molar-refractivity contribution in [3.63, 3.8) is 0 Å². The van der Waals surface area contributed by atoms with Crippen LogP contribution in [0.4, 0.5) is 0 Å². The summed E-state index contributed by atoms with van der Waals surface area (Å²) < 4.78 is 0. The molecule has 5 heteroatoms. The van der Waals surface area contributed by atoms with E-state index in [1.54, 1.807) is 0 Å². The Hall–Kier alpha value is 0.01000. The maximum absolute atomic E-state index is 10.1. The predicted octanol–water partition coefficient (Wildman–Crippen LogP) is 0.597. The Kier molecular flexibility index (Phi) is 3.95. The summed E-state index contributed by atoms with van der Waals surface area (Å²) >= 11 is 10.3. The summed E-state index contributed by atoms with van der Waals surface area (Å²) in [6.07, 6.45) is -0.0698. The van der Waals surface area contributed by atoms with Crippen molar-refractivity contribution in [3.8, 4) is 0 Å². The average Bonchev–Trinajstić information content (AvgIpc) is 1.65. The summed E-state index contributed by atoms with van der Waals surface area (Å²) in [6, 6.07) is 0. The molecule has 48 valence electrons. The SMILES string of the molecule is NOC(=O)CC(Cl)Cl. The fourth-order valence-electron chi connectivity index (χ4n) is 0.174. The Labute approximate surface area is 56.6 Å². The lowest BCUT2D eigenvalue weighted by Gasteiger charge is -1.95. The highest BCUT2D eigenvalue weighted by molar-refractivity contribution is 6.45. The van der Waals surface area contributed by atoms with E-state index < -0.39 is 10.8 Å². The number of halogens is 2. The normalized spacial score (nSPS) is 9.50. The first-order chi connectivity index (χ1) is 3.66. The van der Waals surface area contributed by atoms with Gasteiger partial charge in [0.05, 0.1) is 6.42 Å². The van der Waals surface area contributed by atoms with Crippen molar-refractivity contribution < 1.29 is 9.63 Å². The van der Waals surface area contributed by atoms with Gasteiger partial charge in [-0.2, -0.15) is 5.90 Å². The number of rotatable bonds is 2. The van der Waals surface area contributed by atoms with Crippen LogP contribution >= 0.6 is 23.2 Å². The van der Waals surface area contributed by atoms with E-state index in [0.717, 1.165) is 0 Å². The van der Waals surface area contributed by atoms with Crippen molar-refractivity contribution in [3.05, 3.63) is 0 Å². The van der Waals surface area contributed by atoms with Crippen LogP contribution in [0, 0.1) is 0 Å². The summed E-state index contributed by atoms with van der Waals surface area (Å²) in [4.78, 5) is 13.1. The fraction of sp³-hybridized carbons (Fsp3) is 0.667. The zero-order valence-electron chi connectivity index (χ0n) is 3.93. The minimum absolute atomic E-state index is 0.0698. The van der Waals surface area contributed by atoms with Gasteiger partial charge < -0.3 is 4.84 Å². The highest BCUT2D eigenvalue weighted by Gasteiger charge is 2.06. The Morgan fingerprint density at radius 3 is 2.38 bits per heavy atom. The van der Waals surface area contributed by atoms with Crippen LogP contribution in [0.5, 0.6) is 0 Å². The van der Waals surface area contributed by atoms with E-state index >= 15 is 0 Å². The van der Waals surface area contributed by atoms with Crippen molar-refractivity contribution in [2.45, 2.75) is 11.3 Å². The number of hydrogen-bond donors (Lipinski definition) is 1. The van der Waals surface area contributed by atoms with Gasteiger partial charge in [-0.1, -0.05) is 0 Å². The van der Waals surface area contributed by atoms with Gasteiger partial charge in [0, 0.05) is 0 Å². The molecule has 0 atom stereocenters. The highest BCUT2D eigenvalue weighted by atomic mass is 35.5. The lowest BCUT2D eigenvalue weighted by molar-refractivity contribution is -0.143. The Balaban J connectivity index is 3.25. The van der Waals surface area contributed by atoms with E-state index in [1.807, 2.05) is 0 Å². The quantitative estimate of drug-likeness (QED) is 0.472. The van der Waals surface area contributed by atoms with Crippen molar-refractivity contribution >= 4 is 29.2 Å². The molecule has 0 saturated carbocycles. The van der Waals surface area contributed by atoms with Crippen LogP contribution in [0.25, 0.3) is 0 Å². The molecule has 0 aliphatic rings. The molecule has 0 spiro atoms. The third kappa shape index (κ3) is 4.18. The van der Waals surface area contributed by atoms with Crippen LogP contribution in [0.1, 0.15) is 6.42 Å². The second kappa shape index (κ2) is 3.95. The summed E-state index contributed by atoms with van der Waals surface area (Å²) in [7, 11) is 0. The predicted molar refractivity (Wildman–Crippen MR) is 30.4 cm³/mol.